The number of nitro groups is 1. The fourth-order valence-electron chi connectivity index (χ4n) is 3.89. The number of benzene rings is 2. The lowest BCUT2D eigenvalue weighted by molar-refractivity contribution is -0.384. The van der Waals surface area contributed by atoms with E-state index in [2.05, 4.69) is 4.98 Å². The topological polar surface area (TPSA) is 123 Å². The molecule has 0 radical (unpaired) electrons. The van der Waals surface area contributed by atoms with Gasteiger partial charge in [0, 0.05) is 36.6 Å². The van der Waals surface area contributed by atoms with Crippen LogP contribution in [0.25, 0.3) is 0 Å². The first kappa shape index (κ1) is 23.6. The van der Waals surface area contributed by atoms with Gasteiger partial charge in [-0.25, -0.2) is 4.90 Å². The zero-order valence-corrected chi connectivity index (χ0v) is 18.9. The largest absolute Gasteiger partial charge is 0.494 e. The number of anilines is 1. The van der Waals surface area contributed by atoms with Gasteiger partial charge in [0.05, 0.1) is 23.6 Å². The molecule has 1 aromatic heterocycles. The summed E-state index contributed by atoms with van der Waals surface area (Å²) in [7, 11) is 0. The number of ether oxygens (including phenoxy) is 1. The van der Waals surface area contributed by atoms with E-state index in [1.165, 1.54) is 29.2 Å². The maximum atomic E-state index is 13.5. The van der Waals surface area contributed by atoms with Gasteiger partial charge in [0.2, 0.25) is 5.91 Å². The summed E-state index contributed by atoms with van der Waals surface area (Å²) in [5.74, 6) is -0.878. The third kappa shape index (κ3) is 5.01. The molecule has 0 aliphatic carbocycles. The molecule has 0 N–H and O–H groups in total. The van der Waals surface area contributed by atoms with Crippen LogP contribution in [0, 0.1) is 10.1 Å². The van der Waals surface area contributed by atoms with Crippen LogP contribution in [0.1, 0.15) is 29.3 Å². The van der Waals surface area contributed by atoms with Crippen LogP contribution in [-0.4, -0.2) is 45.2 Å². The van der Waals surface area contributed by atoms with Gasteiger partial charge in [0.25, 0.3) is 17.5 Å². The second kappa shape index (κ2) is 10.1. The van der Waals surface area contributed by atoms with E-state index in [0.29, 0.717) is 23.6 Å². The second-order valence-electron chi connectivity index (χ2n) is 7.81. The molecule has 3 aromatic rings. The van der Waals surface area contributed by atoms with Gasteiger partial charge in [-0.1, -0.05) is 6.07 Å². The molecule has 10 nitrogen and oxygen atoms in total. The monoisotopic (exact) mass is 474 g/mol. The minimum Gasteiger partial charge on any atom is -0.494 e. The summed E-state index contributed by atoms with van der Waals surface area (Å²) in [6.45, 7) is 2.37. The first-order valence-corrected chi connectivity index (χ1v) is 10.9. The van der Waals surface area contributed by atoms with Crippen molar-refractivity contribution in [2.24, 2.45) is 0 Å². The predicted octanol–water partition coefficient (Wildman–Crippen LogP) is 3.36. The highest BCUT2D eigenvalue weighted by Gasteiger charge is 2.44. The Bertz CT molecular complexity index is 1250. The van der Waals surface area contributed by atoms with Crippen LogP contribution < -0.4 is 9.64 Å². The maximum Gasteiger partial charge on any atom is 0.269 e. The number of hydrogen-bond donors (Lipinski definition) is 0. The first-order chi connectivity index (χ1) is 16.9. The predicted molar refractivity (Wildman–Crippen MR) is 126 cm³/mol. The van der Waals surface area contributed by atoms with Gasteiger partial charge >= 0.3 is 0 Å². The van der Waals surface area contributed by atoms with E-state index in [0.717, 1.165) is 4.90 Å². The van der Waals surface area contributed by atoms with E-state index in [9.17, 15) is 24.5 Å². The fraction of sp³-hybridized carbons (Fsp3) is 0.200. The quantitative estimate of drug-likeness (QED) is 0.279. The molecule has 1 aliphatic heterocycles. The van der Waals surface area contributed by atoms with Gasteiger partial charge in [-0.15, -0.1) is 0 Å². The van der Waals surface area contributed by atoms with Crippen molar-refractivity contribution in [3.8, 4) is 5.75 Å². The van der Waals surface area contributed by atoms with Gasteiger partial charge in [0.15, 0.2) is 0 Å². The summed E-state index contributed by atoms with van der Waals surface area (Å²) < 4.78 is 5.42. The molecule has 1 atom stereocenters. The van der Waals surface area contributed by atoms with Crippen molar-refractivity contribution >= 4 is 29.1 Å². The van der Waals surface area contributed by atoms with Crippen LogP contribution in [0.3, 0.4) is 0 Å². The minimum atomic E-state index is -1.04. The van der Waals surface area contributed by atoms with E-state index in [1.54, 1.807) is 48.8 Å². The summed E-state index contributed by atoms with van der Waals surface area (Å²) in [6.07, 6.45) is 2.97. The summed E-state index contributed by atoms with van der Waals surface area (Å²) >= 11 is 0. The molecule has 1 unspecified atom stereocenters. The Hall–Kier alpha value is -4.60. The van der Waals surface area contributed by atoms with Crippen molar-refractivity contribution in [2.45, 2.75) is 25.9 Å². The Balaban J connectivity index is 1.64. The van der Waals surface area contributed by atoms with E-state index in [-0.39, 0.29) is 24.2 Å². The zero-order valence-electron chi connectivity index (χ0n) is 18.9. The van der Waals surface area contributed by atoms with Crippen LogP contribution in [0.5, 0.6) is 5.75 Å². The second-order valence-corrected chi connectivity index (χ2v) is 7.81. The molecule has 35 heavy (non-hydrogen) atoms. The van der Waals surface area contributed by atoms with Crippen molar-refractivity contribution in [1.29, 1.82) is 0 Å². The Morgan fingerprint density at radius 2 is 1.86 bits per heavy atom. The van der Waals surface area contributed by atoms with Crippen LogP contribution in [-0.2, 0) is 16.1 Å². The SMILES string of the molecule is CCOc1ccc(N2C(=O)CC(N(Cc3cccnc3)C(=O)c3ccc([N+](=O)[O-])cc3)C2=O)cc1. The Labute approximate surface area is 200 Å². The summed E-state index contributed by atoms with van der Waals surface area (Å²) in [5.41, 5.74) is 1.06. The van der Waals surface area contributed by atoms with Gasteiger partial charge in [0.1, 0.15) is 11.8 Å². The van der Waals surface area contributed by atoms with E-state index in [4.69, 9.17) is 4.74 Å². The summed E-state index contributed by atoms with van der Waals surface area (Å²) in [5, 5.41) is 11.0. The molecule has 1 saturated heterocycles. The van der Waals surface area contributed by atoms with Crippen LogP contribution in [0.4, 0.5) is 11.4 Å². The standard InChI is InChI=1S/C25H22N4O6/c1-2-35-21-11-9-19(10-12-21)28-23(30)14-22(25(28)32)27(16-17-4-3-13-26-15-17)24(31)18-5-7-20(8-6-18)29(33)34/h3-13,15,22H,2,14,16H2,1H3. The normalized spacial score (nSPS) is 15.2. The van der Waals surface area contributed by atoms with Crippen molar-refractivity contribution in [3.05, 3.63) is 94.3 Å². The molecule has 2 heterocycles. The highest BCUT2D eigenvalue weighted by atomic mass is 16.6. The number of amides is 3. The zero-order chi connectivity index (χ0) is 24.9. The lowest BCUT2D eigenvalue weighted by Crippen LogP contribution is -2.45. The average Bonchev–Trinajstić information content (AvgIpc) is 3.17. The molecule has 0 saturated carbocycles. The number of non-ortho nitro benzene ring substituents is 1. The molecular formula is C25H22N4O6. The van der Waals surface area contributed by atoms with Gasteiger partial charge < -0.3 is 9.64 Å². The molecule has 4 rings (SSSR count). The summed E-state index contributed by atoms with van der Waals surface area (Å²) in [4.78, 5) is 56.6. The first-order valence-electron chi connectivity index (χ1n) is 10.9. The minimum absolute atomic E-state index is 0.0322. The Kier molecular flexibility index (Phi) is 6.81. The van der Waals surface area contributed by atoms with Crippen molar-refractivity contribution in [2.75, 3.05) is 11.5 Å². The average molecular weight is 474 g/mol. The van der Waals surface area contributed by atoms with E-state index >= 15 is 0 Å². The van der Waals surface area contributed by atoms with Gasteiger partial charge in [-0.2, -0.15) is 0 Å². The van der Waals surface area contributed by atoms with E-state index in [1.807, 2.05) is 6.92 Å². The smallest absolute Gasteiger partial charge is 0.269 e. The lowest BCUT2D eigenvalue weighted by atomic mass is 10.1. The van der Waals surface area contributed by atoms with Crippen LogP contribution in [0.2, 0.25) is 0 Å². The molecule has 3 amide bonds. The number of imide groups is 1. The third-order valence-corrected chi connectivity index (χ3v) is 5.57. The third-order valence-electron chi connectivity index (χ3n) is 5.57. The Morgan fingerprint density at radius 1 is 1.14 bits per heavy atom. The van der Waals surface area contributed by atoms with Crippen molar-refractivity contribution in [3.63, 3.8) is 0 Å². The lowest BCUT2D eigenvalue weighted by Gasteiger charge is -2.28. The number of carbonyl (C=O) groups excluding carboxylic acids is 3. The van der Waals surface area contributed by atoms with Crippen LogP contribution in [0.15, 0.2) is 73.1 Å². The van der Waals surface area contributed by atoms with Crippen molar-refractivity contribution < 1.29 is 24.0 Å². The van der Waals surface area contributed by atoms with Gasteiger partial charge in [-0.05, 0) is 55.0 Å². The number of rotatable bonds is 8. The fourth-order valence-corrected chi connectivity index (χ4v) is 3.89. The number of hydrogen-bond acceptors (Lipinski definition) is 7. The molecular weight excluding hydrogens is 452 g/mol. The van der Waals surface area contributed by atoms with Crippen LogP contribution >= 0.6 is 0 Å². The summed E-state index contributed by atoms with van der Waals surface area (Å²) in [6, 6.07) is 14.1. The number of nitrogens with zero attached hydrogens (tertiary/aromatic N) is 4. The number of carbonyl (C=O) groups is 3. The number of aromatic nitrogens is 1. The molecule has 1 aliphatic rings. The van der Waals surface area contributed by atoms with E-state index < -0.39 is 28.7 Å². The highest BCUT2D eigenvalue weighted by molar-refractivity contribution is 6.23. The Morgan fingerprint density at radius 3 is 2.46 bits per heavy atom. The number of nitro benzene ring substituents is 1. The molecule has 178 valence electrons. The molecule has 1 fully saturated rings. The highest BCUT2D eigenvalue weighted by Crippen LogP contribution is 2.29. The molecule has 0 bridgehead atoms. The van der Waals surface area contributed by atoms with Gasteiger partial charge in [-0.3, -0.25) is 29.5 Å². The molecule has 0 spiro atoms. The molecule has 2 aromatic carbocycles. The maximum absolute atomic E-state index is 13.5. The molecule has 10 heteroatoms. The van der Waals surface area contributed by atoms with Crippen molar-refractivity contribution in [1.82, 2.24) is 9.88 Å². The number of pyridine rings is 1.